The van der Waals surface area contributed by atoms with Crippen molar-refractivity contribution in [2.45, 2.75) is 25.8 Å². The predicted octanol–water partition coefficient (Wildman–Crippen LogP) is 2.93. The number of rotatable bonds is 7. The average Bonchev–Trinajstić information content (AvgIpc) is 2.62. The van der Waals surface area contributed by atoms with Crippen LogP contribution in [0.4, 0.5) is 10.1 Å². The molecule has 0 aromatic heterocycles. The molecular formula is C19H19FN2O3. The van der Waals surface area contributed by atoms with Crippen LogP contribution >= 0.6 is 0 Å². The molecule has 130 valence electrons. The number of benzene rings is 2. The van der Waals surface area contributed by atoms with Crippen molar-refractivity contribution in [1.29, 1.82) is 0 Å². The fourth-order valence-electron chi connectivity index (χ4n) is 2.23. The van der Waals surface area contributed by atoms with Gasteiger partial charge >= 0.3 is 0 Å². The minimum atomic E-state index is -0.690. The van der Waals surface area contributed by atoms with E-state index >= 15 is 0 Å². The number of ketones is 1. The zero-order valence-corrected chi connectivity index (χ0v) is 13.8. The van der Waals surface area contributed by atoms with Crippen LogP contribution in [0.1, 0.15) is 30.1 Å². The van der Waals surface area contributed by atoms with Gasteiger partial charge in [-0.05, 0) is 19.1 Å². The van der Waals surface area contributed by atoms with Gasteiger partial charge in [-0.15, -0.1) is 0 Å². The molecule has 0 aliphatic rings. The summed E-state index contributed by atoms with van der Waals surface area (Å²) in [4.78, 5) is 35.8. The molecule has 2 amide bonds. The van der Waals surface area contributed by atoms with Gasteiger partial charge in [0.2, 0.25) is 11.8 Å². The van der Waals surface area contributed by atoms with Crippen molar-refractivity contribution in [3.05, 3.63) is 66.0 Å². The largest absolute Gasteiger partial charge is 0.346 e. The molecule has 0 saturated carbocycles. The van der Waals surface area contributed by atoms with Crippen LogP contribution in [0.2, 0.25) is 0 Å². The number of anilines is 1. The number of hydrogen-bond acceptors (Lipinski definition) is 3. The van der Waals surface area contributed by atoms with Crippen LogP contribution in [0.15, 0.2) is 54.6 Å². The summed E-state index contributed by atoms with van der Waals surface area (Å²) in [6.07, 6.45) is -0.195. The Hall–Kier alpha value is -3.02. The number of Topliss-reactive ketones (excluding diaryl/α,β-unsaturated/α-hetero) is 1. The van der Waals surface area contributed by atoms with E-state index < -0.39 is 23.7 Å². The molecule has 0 heterocycles. The predicted molar refractivity (Wildman–Crippen MR) is 92.6 cm³/mol. The Bertz CT molecular complexity index is 762. The molecule has 2 N–H and O–H groups in total. The maximum absolute atomic E-state index is 13.4. The number of para-hydroxylation sites is 1. The van der Waals surface area contributed by atoms with Crippen molar-refractivity contribution in [3.63, 3.8) is 0 Å². The van der Waals surface area contributed by atoms with E-state index in [9.17, 15) is 18.8 Å². The molecule has 0 unspecified atom stereocenters. The Morgan fingerprint density at radius 2 is 1.52 bits per heavy atom. The molecule has 5 nitrogen and oxygen atoms in total. The van der Waals surface area contributed by atoms with Crippen LogP contribution in [0.3, 0.4) is 0 Å². The molecule has 0 saturated heterocycles. The summed E-state index contributed by atoms with van der Waals surface area (Å²) in [5.41, 5.74) is 0.577. The third kappa shape index (κ3) is 5.53. The van der Waals surface area contributed by atoms with Gasteiger partial charge in [-0.2, -0.15) is 0 Å². The molecular weight excluding hydrogens is 323 g/mol. The van der Waals surface area contributed by atoms with E-state index in [1.54, 1.807) is 43.3 Å². The zero-order valence-electron chi connectivity index (χ0n) is 13.8. The summed E-state index contributed by atoms with van der Waals surface area (Å²) in [6, 6.07) is 13.7. The molecule has 25 heavy (non-hydrogen) atoms. The van der Waals surface area contributed by atoms with E-state index in [0.717, 1.165) is 0 Å². The first-order chi connectivity index (χ1) is 12.0. The van der Waals surface area contributed by atoms with Gasteiger partial charge in [-0.1, -0.05) is 42.5 Å². The summed E-state index contributed by atoms with van der Waals surface area (Å²) < 4.78 is 13.4. The first-order valence-corrected chi connectivity index (χ1v) is 7.90. The van der Waals surface area contributed by atoms with Crippen molar-refractivity contribution in [3.8, 4) is 0 Å². The number of amides is 2. The third-order valence-corrected chi connectivity index (χ3v) is 3.56. The minimum absolute atomic E-state index is 0.0699. The van der Waals surface area contributed by atoms with Crippen molar-refractivity contribution in [2.24, 2.45) is 0 Å². The lowest BCUT2D eigenvalue weighted by Gasteiger charge is -2.13. The van der Waals surface area contributed by atoms with Gasteiger partial charge in [0.1, 0.15) is 5.82 Å². The van der Waals surface area contributed by atoms with Crippen LogP contribution in [-0.2, 0) is 9.59 Å². The molecule has 2 aromatic rings. The SMILES string of the molecule is C[C@@H](NC(=O)CCC(=O)Nc1ccccc1F)C(=O)c1ccccc1. The normalized spacial score (nSPS) is 11.4. The Kier molecular flexibility index (Phi) is 6.39. The van der Waals surface area contributed by atoms with Gasteiger partial charge in [0.15, 0.2) is 5.78 Å². The highest BCUT2D eigenvalue weighted by Gasteiger charge is 2.17. The topological polar surface area (TPSA) is 75.3 Å². The first kappa shape index (κ1) is 18.3. The lowest BCUT2D eigenvalue weighted by Crippen LogP contribution is -2.38. The second-order valence-corrected chi connectivity index (χ2v) is 5.55. The van der Waals surface area contributed by atoms with Crippen molar-refractivity contribution < 1.29 is 18.8 Å². The van der Waals surface area contributed by atoms with E-state index in [2.05, 4.69) is 10.6 Å². The lowest BCUT2D eigenvalue weighted by molar-refractivity contribution is -0.124. The third-order valence-electron chi connectivity index (χ3n) is 3.56. The second-order valence-electron chi connectivity index (χ2n) is 5.55. The van der Waals surface area contributed by atoms with E-state index in [1.165, 1.54) is 18.2 Å². The average molecular weight is 342 g/mol. The zero-order chi connectivity index (χ0) is 18.2. The Morgan fingerprint density at radius 3 is 2.20 bits per heavy atom. The Morgan fingerprint density at radius 1 is 0.920 bits per heavy atom. The summed E-state index contributed by atoms with van der Waals surface area (Å²) in [5.74, 6) is -1.63. The second kappa shape index (κ2) is 8.73. The molecule has 2 aromatic carbocycles. The number of carbonyl (C=O) groups excluding carboxylic acids is 3. The summed E-state index contributed by atoms with van der Waals surface area (Å²) in [5, 5.41) is 4.97. The van der Waals surface area contributed by atoms with Crippen LogP contribution in [0, 0.1) is 5.82 Å². The van der Waals surface area contributed by atoms with Crippen LogP contribution in [0.5, 0.6) is 0 Å². The number of hydrogen-bond donors (Lipinski definition) is 2. The van der Waals surface area contributed by atoms with Crippen molar-refractivity contribution in [2.75, 3.05) is 5.32 Å². The summed E-state index contributed by atoms with van der Waals surface area (Å²) in [6.45, 7) is 1.59. The van der Waals surface area contributed by atoms with Crippen LogP contribution in [-0.4, -0.2) is 23.6 Å². The van der Waals surface area contributed by atoms with Gasteiger partial charge in [-0.25, -0.2) is 4.39 Å². The molecule has 2 rings (SSSR count). The van der Waals surface area contributed by atoms with E-state index in [0.29, 0.717) is 5.56 Å². The molecule has 0 spiro atoms. The molecule has 0 fully saturated rings. The van der Waals surface area contributed by atoms with Gasteiger partial charge in [0.25, 0.3) is 0 Å². The van der Waals surface area contributed by atoms with Crippen LogP contribution in [0.25, 0.3) is 0 Å². The molecule has 0 aliphatic heterocycles. The molecule has 6 heteroatoms. The molecule has 0 bridgehead atoms. The minimum Gasteiger partial charge on any atom is -0.346 e. The number of nitrogens with one attached hydrogen (secondary N) is 2. The highest BCUT2D eigenvalue weighted by atomic mass is 19.1. The summed E-state index contributed by atoms with van der Waals surface area (Å²) in [7, 11) is 0. The fraction of sp³-hybridized carbons (Fsp3) is 0.211. The number of halogens is 1. The van der Waals surface area contributed by atoms with E-state index in [1.807, 2.05) is 0 Å². The first-order valence-electron chi connectivity index (χ1n) is 7.90. The molecule has 0 radical (unpaired) electrons. The highest BCUT2D eigenvalue weighted by molar-refractivity contribution is 6.02. The van der Waals surface area contributed by atoms with E-state index in [4.69, 9.17) is 0 Å². The smallest absolute Gasteiger partial charge is 0.224 e. The Balaban J connectivity index is 1.79. The van der Waals surface area contributed by atoms with Gasteiger partial charge in [0, 0.05) is 18.4 Å². The van der Waals surface area contributed by atoms with E-state index in [-0.39, 0.29) is 24.3 Å². The Labute approximate surface area is 145 Å². The van der Waals surface area contributed by atoms with Crippen molar-refractivity contribution in [1.82, 2.24) is 5.32 Å². The lowest BCUT2D eigenvalue weighted by atomic mass is 10.1. The van der Waals surface area contributed by atoms with Gasteiger partial charge in [0.05, 0.1) is 11.7 Å². The number of carbonyl (C=O) groups is 3. The maximum atomic E-state index is 13.4. The highest BCUT2D eigenvalue weighted by Crippen LogP contribution is 2.12. The molecule has 0 aliphatic carbocycles. The van der Waals surface area contributed by atoms with Gasteiger partial charge < -0.3 is 10.6 Å². The molecule has 1 atom stereocenters. The van der Waals surface area contributed by atoms with Crippen molar-refractivity contribution >= 4 is 23.3 Å². The van der Waals surface area contributed by atoms with Crippen LogP contribution < -0.4 is 10.6 Å². The monoisotopic (exact) mass is 342 g/mol. The fourth-order valence-corrected chi connectivity index (χ4v) is 2.23. The standard InChI is InChI=1S/C19H19FN2O3/c1-13(19(25)14-7-3-2-4-8-14)21-17(23)11-12-18(24)22-16-10-6-5-9-15(16)20/h2-10,13H,11-12H2,1H3,(H,21,23)(H,22,24)/t13-/m1/s1. The van der Waals surface area contributed by atoms with Gasteiger partial charge in [-0.3, -0.25) is 14.4 Å². The quantitative estimate of drug-likeness (QED) is 0.760. The maximum Gasteiger partial charge on any atom is 0.224 e. The summed E-state index contributed by atoms with van der Waals surface area (Å²) >= 11 is 0.